The number of rotatable bonds is 6. The Labute approximate surface area is 175 Å². The number of fused-ring (bicyclic) bond motifs is 1. The minimum absolute atomic E-state index is 0.250. The summed E-state index contributed by atoms with van der Waals surface area (Å²) in [5.41, 5.74) is 2.50. The van der Waals surface area contributed by atoms with Crippen LogP contribution in [-0.2, 0) is 11.2 Å². The highest BCUT2D eigenvalue weighted by atomic mass is 16.2. The van der Waals surface area contributed by atoms with Gasteiger partial charge in [-0.1, -0.05) is 72.8 Å². The number of carbonyl (C=O) groups is 3. The van der Waals surface area contributed by atoms with Crippen molar-refractivity contribution in [2.75, 3.05) is 0 Å². The Morgan fingerprint density at radius 2 is 1.30 bits per heavy atom. The highest BCUT2D eigenvalue weighted by Crippen LogP contribution is 2.26. The SMILES string of the molecule is C[C@@H](NC(=O)[C@@H](Cc1ccccc1)N1C(=O)c2ccccc2C1=O)c1ccccc1. The molecule has 0 bridgehead atoms. The van der Waals surface area contributed by atoms with Gasteiger partial charge in [0.25, 0.3) is 11.8 Å². The maximum absolute atomic E-state index is 13.3. The molecule has 0 unspecified atom stereocenters. The molecule has 0 aliphatic carbocycles. The summed E-state index contributed by atoms with van der Waals surface area (Å²) >= 11 is 0. The van der Waals surface area contributed by atoms with E-state index < -0.39 is 17.9 Å². The molecule has 4 rings (SSSR count). The van der Waals surface area contributed by atoms with Crippen LogP contribution in [0.25, 0.3) is 0 Å². The van der Waals surface area contributed by atoms with Gasteiger partial charge in [0.1, 0.15) is 6.04 Å². The maximum atomic E-state index is 13.3. The lowest BCUT2D eigenvalue weighted by molar-refractivity contribution is -0.125. The largest absolute Gasteiger partial charge is 0.348 e. The third kappa shape index (κ3) is 3.74. The van der Waals surface area contributed by atoms with E-state index in [9.17, 15) is 14.4 Å². The van der Waals surface area contributed by atoms with Gasteiger partial charge in [-0.25, -0.2) is 0 Å². The van der Waals surface area contributed by atoms with E-state index in [-0.39, 0.29) is 18.4 Å². The molecule has 0 aromatic heterocycles. The summed E-state index contributed by atoms with van der Waals surface area (Å²) in [6.07, 6.45) is 0.250. The molecular formula is C25H22N2O3. The zero-order valence-corrected chi connectivity index (χ0v) is 16.6. The number of hydrogen-bond acceptors (Lipinski definition) is 3. The first-order valence-corrected chi connectivity index (χ1v) is 9.92. The number of hydrogen-bond donors (Lipinski definition) is 1. The second kappa shape index (κ2) is 8.33. The minimum atomic E-state index is -0.939. The molecule has 0 radical (unpaired) electrons. The van der Waals surface area contributed by atoms with E-state index in [1.807, 2.05) is 67.6 Å². The van der Waals surface area contributed by atoms with Gasteiger partial charge in [-0.2, -0.15) is 0 Å². The van der Waals surface area contributed by atoms with Crippen LogP contribution in [0.4, 0.5) is 0 Å². The van der Waals surface area contributed by atoms with E-state index in [0.717, 1.165) is 16.0 Å². The fourth-order valence-corrected chi connectivity index (χ4v) is 3.76. The summed E-state index contributed by atoms with van der Waals surface area (Å²) in [7, 11) is 0. The highest BCUT2D eigenvalue weighted by Gasteiger charge is 2.42. The van der Waals surface area contributed by atoms with Gasteiger partial charge in [-0.05, 0) is 30.2 Å². The van der Waals surface area contributed by atoms with Crippen LogP contribution in [0.5, 0.6) is 0 Å². The summed E-state index contributed by atoms with van der Waals surface area (Å²) in [6, 6.07) is 24.5. The monoisotopic (exact) mass is 398 g/mol. The molecule has 0 saturated heterocycles. The van der Waals surface area contributed by atoms with Gasteiger partial charge in [0.15, 0.2) is 0 Å². The van der Waals surface area contributed by atoms with Gasteiger partial charge in [-0.3, -0.25) is 19.3 Å². The standard InChI is InChI=1S/C25H22N2O3/c1-17(19-12-6-3-7-13-19)26-23(28)22(16-18-10-4-2-5-11-18)27-24(29)20-14-8-9-15-21(20)25(27)30/h2-15,17,22H,16H2,1H3,(H,26,28)/t17-,22-/m1/s1. The molecule has 3 aromatic carbocycles. The number of nitrogens with one attached hydrogen (secondary N) is 1. The molecule has 3 amide bonds. The molecule has 1 aliphatic heterocycles. The topological polar surface area (TPSA) is 66.5 Å². The maximum Gasteiger partial charge on any atom is 0.262 e. The molecule has 5 heteroatoms. The van der Waals surface area contributed by atoms with Gasteiger partial charge in [0.05, 0.1) is 17.2 Å². The zero-order chi connectivity index (χ0) is 21.1. The first kappa shape index (κ1) is 19.6. The van der Waals surface area contributed by atoms with Crippen LogP contribution in [0.15, 0.2) is 84.9 Å². The van der Waals surface area contributed by atoms with Gasteiger partial charge in [-0.15, -0.1) is 0 Å². The van der Waals surface area contributed by atoms with Crippen molar-refractivity contribution in [1.29, 1.82) is 0 Å². The summed E-state index contributed by atoms with van der Waals surface area (Å²) in [6.45, 7) is 1.88. The van der Waals surface area contributed by atoms with Crippen molar-refractivity contribution >= 4 is 17.7 Å². The van der Waals surface area contributed by atoms with Crippen LogP contribution in [0.1, 0.15) is 44.8 Å². The lowest BCUT2D eigenvalue weighted by atomic mass is 10.0. The third-order valence-corrected chi connectivity index (χ3v) is 5.37. The Morgan fingerprint density at radius 3 is 1.87 bits per heavy atom. The molecule has 2 atom stereocenters. The van der Waals surface area contributed by atoms with Crippen LogP contribution in [0.2, 0.25) is 0 Å². The summed E-state index contributed by atoms with van der Waals surface area (Å²) < 4.78 is 0. The van der Waals surface area contributed by atoms with E-state index in [1.54, 1.807) is 24.3 Å². The van der Waals surface area contributed by atoms with Crippen molar-refractivity contribution < 1.29 is 14.4 Å². The lowest BCUT2D eigenvalue weighted by Gasteiger charge is -2.27. The summed E-state index contributed by atoms with van der Waals surface area (Å²) in [5, 5.41) is 2.98. The summed E-state index contributed by atoms with van der Waals surface area (Å²) in [5.74, 6) is -1.22. The first-order valence-electron chi connectivity index (χ1n) is 9.92. The quantitative estimate of drug-likeness (QED) is 0.643. The smallest absolute Gasteiger partial charge is 0.262 e. The Bertz CT molecular complexity index is 1040. The number of nitrogens with zero attached hydrogens (tertiary/aromatic N) is 1. The Morgan fingerprint density at radius 1 is 0.800 bits per heavy atom. The number of benzene rings is 3. The molecule has 150 valence electrons. The van der Waals surface area contributed by atoms with Gasteiger partial charge in [0.2, 0.25) is 5.91 Å². The molecule has 3 aromatic rings. The first-order chi connectivity index (χ1) is 14.6. The van der Waals surface area contributed by atoms with Gasteiger partial charge in [0, 0.05) is 6.42 Å². The van der Waals surface area contributed by atoms with E-state index in [0.29, 0.717) is 11.1 Å². The van der Waals surface area contributed by atoms with Crippen LogP contribution in [0, 0.1) is 0 Å². The predicted octanol–water partition coefficient (Wildman–Crippen LogP) is 3.77. The second-order valence-corrected chi connectivity index (χ2v) is 7.37. The van der Waals surface area contributed by atoms with Crippen molar-refractivity contribution in [3.05, 3.63) is 107 Å². The van der Waals surface area contributed by atoms with Crippen molar-refractivity contribution in [3.63, 3.8) is 0 Å². The average Bonchev–Trinajstić information content (AvgIpc) is 3.03. The van der Waals surface area contributed by atoms with Crippen LogP contribution >= 0.6 is 0 Å². The fraction of sp³-hybridized carbons (Fsp3) is 0.160. The summed E-state index contributed by atoms with van der Waals surface area (Å²) in [4.78, 5) is 40.5. The molecular weight excluding hydrogens is 376 g/mol. The third-order valence-electron chi connectivity index (χ3n) is 5.37. The molecule has 1 aliphatic rings. The van der Waals surface area contributed by atoms with Gasteiger partial charge < -0.3 is 5.32 Å². The van der Waals surface area contributed by atoms with Crippen molar-refractivity contribution in [3.8, 4) is 0 Å². The highest BCUT2D eigenvalue weighted by molar-refractivity contribution is 6.22. The normalized spacial score (nSPS) is 14.9. The van der Waals surface area contributed by atoms with Crippen LogP contribution in [0.3, 0.4) is 0 Å². The number of imide groups is 1. The Balaban J connectivity index is 1.64. The van der Waals surface area contributed by atoms with Gasteiger partial charge >= 0.3 is 0 Å². The molecule has 1 heterocycles. The molecule has 5 nitrogen and oxygen atoms in total. The van der Waals surface area contributed by atoms with Crippen molar-refractivity contribution in [2.45, 2.75) is 25.4 Å². The zero-order valence-electron chi connectivity index (χ0n) is 16.6. The van der Waals surface area contributed by atoms with E-state index >= 15 is 0 Å². The molecule has 0 fully saturated rings. The van der Waals surface area contributed by atoms with Crippen LogP contribution in [-0.4, -0.2) is 28.7 Å². The second-order valence-electron chi connectivity index (χ2n) is 7.37. The van der Waals surface area contributed by atoms with E-state index in [1.165, 1.54) is 0 Å². The number of amides is 3. The molecule has 1 N–H and O–H groups in total. The van der Waals surface area contributed by atoms with Crippen molar-refractivity contribution in [1.82, 2.24) is 10.2 Å². The molecule has 0 spiro atoms. The number of carbonyl (C=O) groups excluding carboxylic acids is 3. The predicted molar refractivity (Wildman–Crippen MR) is 114 cm³/mol. The Hall–Kier alpha value is -3.73. The van der Waals surface area contributed by atoms with Crippen molar-refractivity contribution in [2.24, 2.45) is 0 Å². The average molecular weight is 398 g/mol. The Kier molecular flexibility index (Phi) is 5.44. The molecule has 0 saturated carbocycles. The van der Waals surface area contributed by atoms with E-state index in [4.69, 9.17) is 0 Å². The minimum Gasteiger partial charge on any atom is -0.348 e. The van der Waals surface area contributed by atoms with E-state index in [2.05, 4.69) is 5.32 Å². The molecule has 30 heavy (non-hydrogen) atoms. The fourth-order valence-electron chi connectivity index (χ4n) is 3.76. The van der Waals surface area contributed by atoms with Crippen LogP contribution < -0.4 is 5.32 Å². The lowest BCUT2D eigenvalue weighted by Crippen LogP contribution is -2.51.